The molecule has 3 rings (SSSR count). The van der Waals surface area contributed by atoms with E-state index in [1.54, 1.807) is 11.3 Å². The molecule has 1 unspecified atom stereocenters. The molecular weight excluding hydrogens is 387 g/mol. The number of carbonyl (C=O) groups is 1. The molecule has 3 heterocycles. The molecule has 2 aromatic rings. The highest BCUT2D eigenvalue weighted by Crippen LogP contribution is 2.30. The summed E-state index contributed by atoms with van der Waals surface area (Å²) >= 11 is 3.17. The van der Waals surface area contributed by atoms with E-state index in [-0.39, 0.29) is 30.7 Å². The van der Waals surface area contributed by atoms with Crippen LogP contribution in [0.5, 0.6) is 0 Å². The molecule has 1 saturated heterocycles. The average molecular weight is 409 g/mol. The second kappa shape index (κ2) is 9.68. The van der Waals surface area contributed by atoms with Gasteiger partial charge < -0.3 is 10.6 Å². The molecule has 0 saturated carbocycles. The molecule has 1 amide bonds. The van der Waals surface area contributed by atoms with Gasteiger partial charge in [0.2, 0.25) is 0 Å². The van der Waals surface area contributed by atoms with Crippen molar-refractivity contribution in [3.63, 3.8) is 0 Å². The number of thiazole rings is 2. The van der Waals surface area contributed by atoms with Crippen molar-refractivity contribution >= 4 is 53.4 Å². The molecule has 9 heteroatoms. The van der Waals surface area contributed by atoms with E-state index in [1.807, 2.05) is 10.3 Å². The molecule has 0 aliphatic carbocycles. The van der Waals surface area contributed by atoms with Crippen LogP contribution < -0.4 is 5.73 Å². The Morgan fingerprint density at radius 3 is 2.75 bits per heavy atom. The minimum atomic E-state index is 0. The van der Waals surface area contributed by atoms with E-state index in [9.17, 15) is 4.79 Å². The van der Waals surface area contributed by atoms with Gasteiger partial charge in [-0.25, -0.2) is 9.97 Å². The maximum absolute atomic E-state index is 12.6. The quantitative estimate of drug-likeness (QED) is 0.839. The lowest BCUT2D eigenvalue weighted by molar-refractivity contribution is 0.0701. The Labute approximate surface area is 162 Å². The largest absolute Gasteiger partial charge is 0.337 e. The van der Waals surface area contributed by atoms with E-state index in [0.29, 0.717) is 18.2 Å². The van der Waals surface area contributed by atoms with Crippen LogP contribution >= 0.6 is 47.5 Å². The van der Waals surface area contributed by atoms with Crippen molar-refractivity contribution in [2.24, 2.45) is 5.73 Å². The number of nitrogens with two attached hydrogens (primary N) is 1. The number of nitrogens with zero attached hydrogens (tertiary/aromatic N) is 3. The van der Waals surface area contributed by atoms with Crippen LogP contribution in [0, 0.1) is 0 Å². The first kappa shape index (κ1) is 21.3. The summed E-state index contributed by atoms with van der Waals surface area (Å²) in [4.78, 5) is 23.5. The molecular formula is C15H22Cl2N4OS2. The molecule has 1 aliphatic heterocycles. The molecule has 0 aromatic carbocycles. The molecule has 5 nitrogen and oxygen atoms in total. The summed E-state index contributed by atoms with van der Waals surface area (Å²) in [7, 11) is 0. The van der Waals surface area contributed by atoms with Gasteiger partial charge in [0.05, 0.1) is 10.7 Å². The second-order valence-corrected chi connectivity index (χ2v) is 7.28. The van der Waals surface area contributed by atoms with Gasteiger partial charge in [-0.2, -0.15) is 0 Å². The first-order chi connectivity index (χ1) is 10.7. The normalized spacial score (nSPS) is 17.1. The summed E-state index contributed by atoms with van der Waals surface area (Å²) in [6, 6.07) is 0. The monoisotopic (exact) mass is 408 g/mol. The van der Waals surface area contributed by atoms with Gasteiger partial charge >= 0.3 is 0 Å². The van der Waals surface area contributed by atoms with Crippen molar-refractivity contribution in [2.45, 2.75) is 38.6 Å². The molecule has 24 heavy (non-hydrogen) atoms. The first-order valence-electron chi connectivity index (χ1n) is 7.59. The van der Waals surface area contributed by atoms with Crippen molar-refractivity contribution in [3.05, 3.63) is 32.2 Å². The van der Waals surface area contributed by atoms with Gasteiger partial charge in [-0.05, 0) is 19.3 Å². The van der Waals surface area contributed by atoms with Crippen molar-refractivity contribution in [1.29, 1.82) is 0 Å². The van der Waals surface area contributed by atoms with Crippen LogP contribution in [0.1, 0.15) is 51.9 Å². The molecule has 0 radical (unpaired) electrons. The maximum Gasteiger partial charge on any atom is 0.273 e. The smallest absolute Gasteiger partial charge is 0.273 e. The van der Waals surface area contributed by atoms with E-state index < -0.39 is 0 Å². The third-order valence-corrected chi connectivity index (χ3v) is 5.86. The third kappa shape index (κ3) is 4.67. The van der Waals surface area contributed by atoms with Crippen molar-refractivity contribution in [3.8, 4) is 0 Å². The van der Waals surface area contributed by atoms with E-state index in [2.05, 4.69) is 22.3 Å². The fraction of sp³-hybridized carbons (Fsp3) is 0.533. The number of aryl methyl sites for hydroxylation is 1. The predicted molar refractivity (Wildman–Crippen MR) is 104 cm³/mol. The molecule has 134 valence electrons. The first-order valence-corrected chi connectivity index (χ1v) is 9.35. The van der Waals surface area contributed by atoms with E-state index in [1.165, 1.54) is 11.3 Å². The standard InChI is InChI=1S/C15H20N4OS2.2ClH/c1-2-11-8-22-14(17-11)10-4-3-5-19(7-10)15(20)12-9-21-13(6-16)18-12;;/h8-10H,2-7,16H2,1H3;2*1H. The SMILES string of the molecule is CCc1csc(C2CCCN(C(=O)c3csc(CN)n3)C2)n1.Cl.Cl. The zero-order valence-electron chi connectivity index (χ0n) is 13.4. The Bertz CT molecular complexity index is 661. The third-order valence-electron chi connectivity index (χ3n) is 3.94. The molecule has 1 aliphatic rings. The van der Waals surface area contributed by atoms with Crippen LogP contribution in [-0.2, 0) is 13.0 Å². The van der Waals surface area contributed by atoms with Crippen LogP contribution in [-0.4, -0.2) is 33.9 Å². The minimum absolute atomic E-state index is 0. The van der Waals surface area contributed by atoms with Crippen LogP contribution in [0.2, 0.25) is 0 Å². The van der Waals surface area contributed by atoms with Crippen molar-refractivity contribution < 1.29 is 4.79 Å². The minimum Gasteiger partial charge on any atom is -0.337 e. The highest BCUT2D eigenvalue weighted by molar-refractivity contribution is 7.10. The summed E-state index contributed by atoms with van der Waals surface area (Å²) < 4.78 is 0. The lowest BCUT2D eigenvalue weighted by Gasteiger charge is -2.31. The molecule has 1 fully saturated rings. The van der Waals surface area contributed by atoms with Gasteiger partial charge in [-0.3, -0.25) is 4.79 Å². The molecule has 1 atom stereocenters. The number of likely N-dealkylation sites (tertiary alicyclic amines) is 1. The summed E-state index contributed by atoms with van der Waals surface area (Å²) in [6.45, 7) is 4.05. The van der Waals surface area contributed by atoms with Crippen LogP contribution in [0.25, 0.3) is 0 Å². The van der Waals surface area contributed by atoms with Gasteiger partial charge in [0.15, 0.2) is 0 Å². The number of hydrogen-bond donors (Lipinski definition) is 1. The van der Waals surface area contributed by atoms with E-state index in [4.69, 9.17) is 5.73 Å². The number of amides is 1. The van der Waals surface area contributed by atoms with Gasteiger partial charge in [0.25, 0.3) is 5.91 Å². The molecule has 0 spiro atoms. The van der Waals surface area contributed by atoms with Gasteiger partial charge in [0.1, 0.15) is 10.7 Å². The Hall–Kier alpha value is -0.730. The Morgan fingerprint density at radius 2 is 2.12 bits per heavy atom. The molecule has 2 N–H and O–H groups in total. The van der Waals surface area contributed by atoms with E-state index >= 15 is 0 Å². The number of halogens is 2. The summed E-state index contributed by atoms with van der Waals surface area (Å²) in [6.07, 6.45) is 3.09. The average Bonchev–Trinajstić information content (AvgIpc) is 3.23. The Kier molecular flexibility index (Phi) is 8.59. The lowest BCUT2D eigenvalue weighted by atomic mass is 9.98. The Morgan fingerprint density at radius 1 is 1.33 bits per heavy atom. The van der Waals surface area contributed by atoms with Gasteiger partial charge in [-0.1, -0.05) is 6.92 Å². The fourth-order valence-corrected chi connectivity index (χ4v) is 4.38. The Balaban J connectivity index is 0.00000144. The zero-order valence-corrected chi connectivity index (χ0v) is 16.7. The number of hydrogen-bond acceptors (Lipinski definition) is 6. The van der Waals surface area contributed by atoms with Crippen molar-refractivity contribution in [2.75, 3.05) is 13.1 Å². The molecule has 0 bridgehead atoms. The number of piperidine rings is 1. The fourth-order valence-electron chi connectivity index (χ4n) is 2.70. The zero-order chi connectivity index (χ0) is 15.5. The maximum atomic E-state index is 12.6. The number of aromatic nitrogens is 2. The van der Waals surface area contributed by atoms with E-state index in [0.717, 1.165) is 48.1 Å². The highest BCUT2D eigenvalue weighted by atomic mass is 35.5. The van der Waals surface area contributed by atoms with Crippen LogP contribution in [0.4, 0.5) is 0 Å². The predicted octanol–water partition coefficient (Wildman–Crippen LogP) is 3.48. The second-order valence-electron chi connectivity index (χ2n) is 5.45. The summed E-state index contributed by atoms with van der Waals surface area (Å²) in [5, 5.41) is 5.91. The number of rotatable bonds is 4. The topological polar surface area (TPSA) is 72.1 Å². The molecule has 2 aromatic heterocycles. The van der Waals surface area contributed by atoms with Gasteiger partial charge in [0, 0.05) is 36.3 Å². The van der Waals surface area contributed by atoms with Crippen molar-refractivity contribution in [1.82, 2.24) is 14.9 Å². The number of carbonyl (C=O) groups excluding carboxylic acids is 1. The summed E-state index contributed by atoms with van der Waals surface area (Å²) in [5.74, 6) is 0.378. The van der Waals surface area contributed by atoms with Crippen LogP contribution in [0.3, 0.4) is 0 Å². The summed E-state index contributed by atoms with van der Waals surface area (Å²) in [5.41, 5.74) is 7.25. The van der Waals surface area contributed by atoms with Crippen LogP contribution in [0.15, 0.2) is 10.8 Å². The highest BCUT2D eigenvalue weighted by Gasteiger charge is 2.28. The van der Waals surface area contributed by atoms with Gasteiger partial charge in [-0.15, -0.1) is 47.5 Å². The lowest BCUT2D eigenvalue weighted by Crippen LogP contribution is -2.39.